The third kappa shape index (κ3) is 1.58. The highest BCUT2D eigenvalue weighted by atomic mass is 16.6. The maximum atomic E-state index is 9.12. The van der Waals surface area contributed by atoms with Crippen molar-refractivity contribution >= 4 is 0 Å². The second-order valence-corrected chi connectivity index (χ2v) is 2.72. The molecule has 0 aromatic carbocycles. The van der Waals surface area contributed by atoms with Gasteiger partial charge in [0.1, 0.15) is 24.4 Å². The van der Waals surface area contributed by atoms with Crippen molar-refractivity contribution in [2.24, 2.45) is 0 Å². The average molecular weight is 180 g/mol. The molecule has 12 heavy (non-hydrogen) atoms. The van der Waals surface area contributed by atoms with Gasteiger partial charge in [-0.2, -0.15) is 0 Å². The first-order chi connectivity index (χ1) is 5.57. The highest BCUT2D eigenvalue weighted by Gasteiger charge is 2.44. The fraction of sp³-hybridized carbons (Fsp3) is 1.00. The summed E-state index contributed by atoms with van der Waals surface area (Å²) in [5.41, 5.74) is 0. The van der Waals surface area contributed by atoms with Crippen molar-refractivity contribution in [3.05, 3.63) is 0 Å². The Balaban J connectivity index is 2.58. The van der Waals surface area contributed by atoms with Gasteiger partial charge in [0.05, 0.1) is 6.61 Å². The van der Waals surface area contributed by atoms with Crippen LogP contribution in [0, 0.1) is 0 Å². The molecule has 0 radical (unpaired) electrons. The number of rotatable bonds is 2. The molecule has 6 heteroatoms. The first kappa shape index (κ1) is 9.85. The largest absolute Gasteiger partial charge is 0.394 e. The molecule has 1 unspecified atom stereocenters. The van der Waals surface area contributed by atoms with Gasteiger partial charge in [0.2, 0.25) is 0 Å². The van der Waals surface area contributed by atoms with E-state index >= 15 is 0 Å². The summed E-state index contributed by atoms with van der Waals surface area (Å²) in [6.45, 7) is -0.596. The van der Waals surface area contributed by atoms with E-state index < -0.39 is 37.3 Å². The van der Waals surface area contributed by atoms with Gasteiger partial charge in [-0.3, -0.25) is 0 Å². The quantitative estimate of drug-likeness (QED) is 0.306. The summed E-state index contributed by atoms with van der Waals surface area (Å²) >= 11 is 0. The summed E-state index contributed by atoms with van der Waals surface area (Å²) in [7, 11) is 0. The molecule has 0 saturated carbocycles. The van der Waals surface area contributed by atoms with E-state index in [2.05, 4.69) is 4.74 Å². The normalized spacial score (nSPS) is 44.8. The Morgan fingerprint density at radius 3 is 2.08 bits per heavy atom. The van der Waals surface area contributed by atoms with E-state index in [-0.39, 0.29) is 0 Å². The van der Waals surface area contributed by atoms with Crippen molar-refractivity contribution in [3.63, 3.8) is 0 Å². The number of ether oxygens (including phenoxy) is 1. The van der Waals surface area contributed by atoms with Crippen molar-refractivity contribution < 1.29 is 30.3 Å². The lowest BCUT2D eigenvalue weighted by Gasteiger charge is -2.18. The molecule has 0 bridgehead atoms. The summed E-state index contributed by atoms with van der Waals surface area (Å²) in [4.78, 5) is 0. The minimum absolute atomic E-state index is 0.596. The minimum atomic E-state index is -1.51. The van der Waals surface area contributed by atoms with Gasteiger partial charge in [-0.05, 0) is 0 Å². The lowest BCUT2D eigenvalue weighted by atomic mass is 10.1. The van der Waals surface area contributed by atoms with Crippen LogP contribution in [0.25, 0.3) is 0 Å². The van der Waals surface area contributed by atoms with Crippen LogP contribution in [0.15, 0.2) is 0 Å². The monoisotopic (exact) mass is 180 g/mol. The average Bonchev–Trinajstić information content (AvgIpc) is 2.32. The van der Waals surface area contributed by atoms with E-state index in [1.54, 1.807) is 0 Å². The molecule has 72 valence electrons. The maximum absolute atomic E-state index is 9.12. The second-order valence-electron chi connectivity index (χ2n) is 2.72. The Kier molecular flexibility index (Phi) is 2.99. The van der Waals surface area contributed by atoms with Crippen LogP contribution in [0.3, 0.4) is 0 Å². The third-order valence-electron chi connectivity index (χ3n) is 1.84. The predicted octanol–water partition coefficient (Wildman–Crippen LogP) is -3.22. The molecule has 1 aliphatic heterocycles. The van der Waals surface area contributed by atoms with Gasteiger partial charge in [0, 0.05) is 0 Å². The lowest BCUT2D eigenvalue weighted by Crippen LogP contribution is -2.40. The van der Waals surface area contributed by atoms with Crippen molar-refractivity contribution in [2.45, 2.75) is 30.7 Å². The van der Waals surface area contributed by atoms with E-state index in [1.165, 1.54) is 0 Å². The van der Waals surface area contributed by atoms with Crippen LogP contribution in [0.4, 0.5) is 0 Å². The summed E-state index contributed by atoms with van der Waals surface area (Å²) in [5, 5.41) is 44.4. The zero-order valence-electron chi connectivity index (χ0n) is 6.24. The molecule has 6 nitrogen and oxygen atoms in total. The number of hydrogen-bond donors (Lipinski definition) is 5. The van der Waals surface area contributed by atoms with Gasteiger partial charge in [-0.1, -0.05) is 0 Å². The highest BCUT2D eigenvalue weighted by Crippen LogP contribution is 2.21. The molecule has 1 rings (SSSR count). The van der Waals surface area contributed by atoms with E-state index in [0.29, 0.717) is 0 Å². The molecule has 0 aliphatic carbocycles. The third-order valence-corrected chi connectivity index (χ3v) is 1.84. The molecule has 1 fully saturated rings. The van der Waals surface area contributed by atoms with Gasteiger partial charge < -0.3 is 30.3 Å². The molecule has 5 atom stereocenters. The predicted molar refractivity (Wildman–Crippen MR) is 36.0 cm³/mol. The molecule has 1 aliphatic rings. The van der Waals surface area contributed by atoms with E-state index in [9.17, 15) is 0 Å². The summed E-state index contributed by atoms with van der Waals surface area (Å²) < 4.78 is 4.58. The Labute approximate surface area is 68.6 Å². The summed E-state index contributed by atoms with van der Waals surface area (Å²) in [5.74, 6) is 0. The number of aliphatic hydroxyl groups excluding tert-OH is 5. The minimum Gasteiger partial charge on any atom is -0.394 e. The Hall–Kier alpha value is -0.240. The zero-order valence-corrected chi connectivity index (χ0v) is 6.24. The molecule has 0 amide bonds. The smallest absolute Gasteiger partial charge is 0.184 e. The maximum Gasteiger partial charge on any atom is 0.184 e. The Bertz CT molecular complexity index is 151. The van der Waals surface area contributed by atoms with E-state index in [1.807, 2.05) is 0 Å². The summed E-state index contributed by atoms with van der Waals surface area (Å²) in [6.07, 6.45) is -6.75. The topological polar surface area (TPSA) is 110 Å². The van der Waals surface area contributed by atoms with Crippen LogP contribution in [0.5, 0.6) is 0 Å². The molecule has 1 saturated heterocycles. The molecule has 0 aromatic heterocycles. The van der Waals surface area contributed by atoms with Crippen LogP contribution < -0.4 is 0 Å². The van der Waals surface area contributed by atoms with Crippen LogP contribution in [-0.4, -0.2) is 62.8 Å². The van der Waals surface area contributed by atoms with Crippen LogP contribution in [-0.2, 0) is 4.74 Å². The van der Waals surface area contributed by atoms with Gasteiger partial charge in [-0.25, -0.2) is 0 Å². The Morgan fingerprint density at radius 2 is 1.75 bits per heavy atom. The SMILES string of the molecule is OC[C@H](O)[C@H]1OC(O)[C@H](O)[C@H]1O. The standard InChI is InChI=1S/C6H12O6/c7-1-2(8)5-3(9)4(10)6(11)12-5/h2-11H,1H2/t2-,3+,4+,5+,6?/m0/s1. The molecule has 1 heterocycles. The lowest BCUT2D eigenvalue weighted by molar-refractivity contribution is -0.150. The van der Waals surface area contributed by atoms with Gasteiger partial charge in [0.15, 0.2) is 6.29 Å². The first-order valence-corrected chi connectivity index (χ1v) is 3.56. The van der Waals surface area contributed by atoms with Crippen molar-refractivity contribution in [1.29, 1.82) is 0 Å². The van der Waals surface area contributed by atoms with Crippen LogP contribution in [0.1, 0.15) is 0 Å². The fourth-order valence-electron chi connectivity index (χ4n) is 1.11. The molecular formula is C6H12O6. The number of aliphatic hydroxyl groups is 5. The molecule has 0 spiro atoms. The van der Waals surface area contributed by atoms with Crippen molar-refractivity contribution in [2.75, 3.05) is 6.61 Å². The van der Waals surface area contributed by atoms with E-state index in [4.69, 9.17) is 25.5 Å². The zero-order chi connectivity index (χ0) is 9.30. The van der Waals surface area contributed by atoms with Gasteiger partial charge in [0.25, 0.3) is 0 Å². The van der Waals surface area contributed by atoms with Crippen molar-refractivity contribution in [3.8, 4) is 0 Å². The van der Waals surface area contributed by atoms with Gasteiger partial charge in [-0.15, -0.1) is 0 Å². The summed E-state index contributed by atoms with van der Waals surface area (Å²) in [6, 6.07) is 0. The number of hydrogen-bond acceptors (Lipinski definition) is 6. The first-order valence-electron chi connectivity index (χ1n) is 3.56. The van der Waals surface area contributed by atoms with Crippen LogP contribution in [0.2, 0.25) is 0 Å². The fourth-order valence-corrected chi connectivity index (χ4v) is 1.11. The highest BCUT2D eigenvalue weighted by molar-refractivity contribution is 4.89. The van der Waals surface area contributed by atoms with Crippen LogP contribution >= 0.6 is 0 Å². The molecule has 0 aromatic rings. The second kappa shape index (κ2) is 3.65. The van der Waals surface area contributed by atoms with Gasteiger partial charge >= 0.3 is 0 Å². The molecular weight excluding hydrogens is 168 g/mol. The van der Waals surface area contributed by atoms with E-state index in [0.717, 1.165) is 0 Å². The van der Waals surface area contributed by atoms with Crippen molar-refractivity contribution in [1.82, 2.24) is 0 Å². The Morgan fingerprint density at radius 1 is 1.17 bits per heavy atom. The molecule has 5 N–H and O–H groups in total.